The third kappa shape index (κ3) is 5.29. The Balaban J connectivity index is 1.58. The maximum atomic E-state index is 13.6. The van der Waals surface area contributed by atoms with E-state index in [9.17, 15) is 27.2 Å². The molecule has 2 aliphatic rings. The highest BCUT2D eigenvalue weighted by Gasteiger charge is 2.46. The minimum Gasteiger partial charge on any atom is -0.321 e. The number of hydrogen-bond acceptors (Lipinski definition) is 3. The lowest BCUT2D eigenvalue weighted by Crippen LogP contribution is -2.69. The van der Waals surface area contributed by atoms with Crippen LogP contribution >= 0.6 is 11.6 Å². The van der Waals surface area contributed by atoms with Crippen molar-refractivity contribution in [3.05, 3.63) is 58.9 Å². The van der Waals surface area contributed by atoms with Crippen molar-refractivity contribution >= 4 is 34.9 Å². The number of amides is 3. The summed E-state index contributed by atoms with van der Waals surface area (Å²) in [7, 11) is 1.50. The number of rotatable bonds is 4. The second-order valence-corrected chi connectivity index (χ2v) is 9.67. The van der Waals surface area contributed by atoms with Gasteiger partial charge in [-0.1, -0.05) is 24.4 Å². The summed E-state index contributed by atoms with van der Waals surface area (Å²) in [6.07, 6.45) is -1.82. The lowest BCUT2D eigenvalue weighted by molar-refractivity contribution is -0.137. The molecule has 4 unspecified atom stereocenters. The van der Waals surface area contributed by atoms with Crippen molar-refractivity contribution in [2.45, 2.75) is 57.0 Å². The van der Waals surface area contributed by atoms with Crippen molar-refractivity contribution in [2.75, 3.05) is 17.3 Å². The van der Waals surface area contributed by atoms with Gasteiger partial charge in [0.1, 0.15) is 12.0 Å². The zero-order chi connectivity index (χ0) is 26.2. The van der Waals surface area contributed by atoms with E-state index in [1.807, 2.05) is 0 Å². The van der Waals surface area contributed by atoms with E-state index in [1.165, 1.54) is 42.3 Å². The van der Waals surface area contributed by atoms with Gasteiger partial charge in [0.25, 0.3) is 0 Å². The number of likely N-dealkylation sites (N-methyl/N-ethyl adjacent to an activating group) is 1. The predicted octanol–water partition coefficient (Wildman–Crippen LogP) is 5.87. The van der Waals surface area contributed by atoms with Crippen molar-refractivity contribution in [3.8, 4) is 0 Å². The highest BCUT2D eigenvalue weighted by molar-refractivity contribution is 6.31. The Kier molecular flexibility index (Phi) is 7.47. The monoisotopic (exact) mass is 526 g/mol. The molecule has 2 aromatic rings. The molecule has 2 N–H and O–H groups in total. The molecule has 11 heteroatoms. The van der Waals surface area contributed by atoms with Crippen molar-refractivity contribution in [3.63, 3.8) is 0 Å². The highest BCUT2D eigenvalue weighted by atomic mass is 35.5. The highest BCUT2D eigenvalue weighted by Crippen LogP contribution is 2.37. The zero-order valence-electron chi connectivity index (χ0n) is 19.8. The van der Waals surface area contributed by atoms with Crippen molar-refractivity contribution in [2.24, 2.45) is 5.92 Å². The van der Waals surface area contributed by atoms with Crippen LogP contribution in [0.2, 0.25) is 5.02 Å². The summed E-state index contributed by atoms with van der Waals surface area (Å²) in [4.78, 5) is 29.5. The van der Waals surface area contributed by atoms with E-state index in [4.69, 9.17) is 11.6 Å². The second kappa shape index (κ2) is 10.3. The summed E-state index contributed by atoms with van der Waals surface area (Å²) in [5.74, 6) is -0.751. The van der Waals surface area contributed by atoms with Crippen molar-refractivity contribution < 1.29 is 27.2 Å². The second-order valence-electron chi connectivity index (χ2n) is 9.27. The van der Waals surface area contributed by atoms with Gasteiger partial charge in [0.15, 0.2) is 0 Å². The largest absolute Gasteiger partial charge is 0.417 e. The number of benzene rings is 2. The summed E-state index contributed by atoms with van der Waals surface area (Å²) in [6.45, 7) is 1.74. The van der Waals surface area contributed by atoms with Gasteiger partial charge in [0, 0.05) is 24.5 Å². The van der Waals surface area contributed by atoms with Crippen LogP contribution in [-0.2, 0) is 11.0 Å². The third-order valence-corrected chi connectivity index (χ3v) is 7.33. The van der Waals surface area contributed by atoms with Crippen molar-refractivity contribution in [1.29, 1.82) is 0 Å². The van der Waals surface area contributed by atoms with Crippen LogP contribution in [-0.4, -0.2) is 42.1 Å². The van der Waals surface area contributed by atoms with E-state index in [1.54, 1.807) is 11.8 Å². The zero-order valence-corrected chi connectivity index (χ0v) is 20.5. The van der Waals surface area contributed by atoms with Crippen LogP contribution < -0.4 is 15.5 Å². The lowest BCUT2D eigenvalue weighted by atomic mass is 9.81. The molecule has 0 bridgehead atoms. The third-order valence-electron chi connectivity index (χ3n) is 7.00. The normalized spacial score (nSPS) is 23.1. The number of carbonyl (C=O) groups excluding carboxylic acids is 2. The molecule has 0 spiro atoms. The van der Waals surface area contributed by atoms with Gasteiger partial charge in [0.05, 0.1) is 22.5 Å². The van der Waals surface area contributed by atoms with Crippen LogP contribution in [0.15, 0.2) is 42.5 Å². The van der Waals surface area contributed by atoms with Crippen molar-refractivity contribution in [1.82, 2.24) is 10.2 Å². The first kappa shape index (κ1) is 26.2. The number of urea groups is 1. The molecule has 2 aromatic carbocycles. The molecule has 194 valence electrons. The van der Waals surface area contributed by atoms with Crippen LogP contribution in [0.5, 0.6) is 0 Å². The molecule has 4 rings (SSSR count). The van der Waals surface area contributed by atoms with Crippen LogP contribution in [0.1, 0.15) is 38.2 Å². The van der Waals surface area contributed by atoms with Gasteiger partial charge in [0.2, 0.25) is 5.91 Å². The van der Waals surface area contributed by atoms with Crippen LogP contribution in [0, 0.1) is 11.7 Å². The number of nitrogens with one attached hydrogen (secondary N) is 2. The minimum atomic E-state index is -4.67. The van der Waals surface area contributed by atoms with Gasteiger partial charge >= 0.3 is 12.2 Å². The fraction of sp³-hybridized carbons (Fsp3) is 0.440. The van der Waals surface area contributed by atoms with E-state index < -0.39 is 40.8 Å². The molecule has 1 heterocycles. The first-order valence-electron chi connectivity index (χ1n) is 11.7. The Hall–Kier alpha value is -2.85. The summed E-state index contributed by atoms with van der Waals surface area (Å²) in [5.41, 5.74) is -0.620. The molecule has 36 heavy (non-hydrogen) atoms. The van der Waals surface area contributed by atoms with Crippen LogP contribution in [0.4, 0.5) is 33.7 Å². The number of halogens is 5. The Labute approximate surface area is 211 Å². The van der Waals surface area contributed by atoms with Gasteiger partial charge in [-0.3, -0.25) is 15.0 Å². The first-order chi connectivity index (χ1) is 17.0. The summed E-state index contributed by atoms with van der Waals surface area (Å²) >= 11 is 5.67. The van der Waals surface area contributed by atoms with Crippen LogP contribution in [0.3, 0.4) is 0 Å². The van der Waals surface area contributed by atoms with Gasteiger partial charge in [-0.15, -0.1) is 0 Å². The van der Waals surface area contributed by atoms with E-state index in [-0.39, 0.29) is 23.6 Å². The number of nitrogens with zero attached hydrogens (tertiary/aromatic N) is 2. The van der Waals surface area contributed by atoms with Gasteiger partial charge < -0.3 is 10.2 Å². The molecular weight excluding hydrogens is 500 g/mol. The fourth-order valence-electron chi connectivity index (χ4n) is 4.91. The Morgan fingerprint density at radius 3 is 2.50 bits per heavy atom. The molecule has 1 saturated heterocycles. The molecule has 0 aromatic heterocycles. The Morgan fingerprint density at radius 1 is 1.17 bits per heavy atom. The topological polar surface area (TPSA) is 64.7 Å². The number of alkyl halides is 3. The van der Waals surface area contributed by atoms with E-state index in [2.05, 4.69) is 10.6 Å². The lowest BCUT2D eigenvalue weighted by Gasteiger charge is -2.49. The summed E-state index contributed by atoms with van der Waals surface area (Å²) in [6, 6.07) is 7.41. The molecule has 0 radical (unpaired) electrons. The maximum absolute atomic E-state index is 13.6. The number of fused-ring (bicyclic) bond motifs is 1. The number of carbonyl (C=O) groups is 2. The minimum absolute atomic E-state index is 0.0579. The molecule has 4 atom stereocenters. The average molecular weight is 527 g/mol. The standard InChI is InChI=1S/C25H27ClF4N4O2/c1-14(33(2)24(36)31-16-9-12-20(26)19(13-16)25(28,29)30)22-32-21-6-4-3-5-18(21)23(35)34(22)17-10-7-15(27)8-11-17/h7-14,18,21-22,32H,3-6H2,1-2H3,(H,31,36). The first-order valence-corrected chi connectivity index (χ1v) is 12.1. The molecular formula is C25H27ClF4N4O2. The summed E-state index contributed by atoms with van der Waals surface area (Å²) < 4.78 is 53.2. The smallest absolute Gasteiger partial charge is 0.321 e. The molecule has 3 amide bonds. The van der Waals surface area contributed by atoms with Gasteiger partial charge in [-0.05, 0) is 62.2 Å². The summed E-state index contributed by atoms with van der Waals surface area (Å²) in [5, 5.41) is 5.52. The molecule has 1 saturated carbocycles. The average Bonchev–Trinajstić information content (AvgIpc) is 2.84. The molecule has 1 aliphatic heterocycles. The quantitative estimate of drug-likeness (QED) is 0.490. The molecule has 2 fully saturated rings. The SMILES string of the molecule is CC(C1NC2CCCCC2C(=O)N1c1ccc(F)cc1)N(C)C(=O)Nc1ccc(Cl)c(C(F)(F)F)c1. The van der Waals surface area contributed by atoms with E-state index in [0.29, 0.717) is 5.69 Å². The Bertz CT molecular complexity index is 1130. The van der Waals surface area contributed by atoms with E-state index >= 15 is 0 Å². The van der Waals surface area contributed by atoms with Gasteiger partial charge in [-0.25, -0.2) is 9.18 Å². The molecule has 1 aliphatic carbocycles. The Morgan fingerprint density at radius 2 is 1.83 bits per heavy atom. The number of hydrogen-bond donors (Lipinski definition) is 2. The fourth-order valence-corrected chi connectivity index (χ4v) is 5.13. The molecule has 6 nitrogen and oxygen atoms in total. The maximum Gasteiger partial charge on any atom is 0.417 e. The number of anilines is 2. The van der Waals surface area contributed by atoms with Gasteiger partial charge in [-0.2, -0.15) is 13.2 Å². The van der Waals surface area contributed by atoms with Crippen LogP contribution in [0.25, 0.3) is 0 Å². The predicted molar refractivity (Wildman–Crippen MR) is 129 cm³/mol. The van der Waals surface area contributed by atoms with E-state index in [0.717, 1.165) is 37.8 Å².